The highest BCUT2D eigenvalue weighted by Crippen LogP contribution is 2.34. The molecular weight excluding hydrogens is 268 g/mol. The predicted molar refractivity (Wildman–Crippen MR) is 82.9 cm³/mol. The molecule has 8 nitrogen and oxygen atoms in total. The Kier molecular flexibility index (Phi) is 3.64. The summed E-state index contributed by atoms with van der Waals surface area (Å²) in [6.45, 7) is 0.849. The maximum Gasteiger partial charge on any atom is 0.241 e. The van der Waals surface area contributed by atoms with Gasteiger partial charge in [0.05, 0.1) is 11.6 Å². The summed E-state index contributed by atoms with van der Waals surface area (Å²) in [6.07, 6.45) is 6.69. The molecule has 1 aliphatic rings. The summed E-state index contributed by atoms with van der Waals surface area (Å²) in [4.78, 5) is 11.0. The maximum atomic E-state index is 5.43. The average Bonchev–Trinajstić information content (AvgIpc) is 3.14. The second kappa shape index (κ2) is 5.45. The number of anilines is 2. The van der Waals surface area contributed by atoms with Gasteiger partial charge in [-0.2, -0.15) is 15.1 Å². The van der Waals surface area contributed by atoms with Crippen LogP contribution in [0.15, 0.2) is 6.20 Å². The lowest BCUT2D eigenvalue weighted by atomic mass is 9.96. The average molecular weight is 290 g/mol. The second-order valence-electron chi connectivity index (χ2n) is 5.85. The highest BCUT2D eigenvalue weighted by molar-refractivity contribution is 5.86. The van der Waals surface area contributed by atoms with E-state index in [1.165, 1.54) is 25.7 Å². The maximum absolute atomic E-state index is 5.43. The number of nitrogens with two attached hydrogens (primary N) is 1. The molecule has 0 spiro atoms. The van der Waals surface area contributed by atoms with E-state index < -0.39 is 0 Å². The molecule has 2 aromatic rings. The SMILES string of the molecule is CN(C)C1(CNc2nc(NN)nc3[nH]ncc23)CCCC1. The number of nitrogens with one attached hydrogen (secondary N) is 3. The Balaban J connectivity index is 1.85. The van der Waals surface area contributed by atoms with E-state index in [4.69, 9.17) is 5.84 Å². The van der Waals surface area contributed by atoms with Gasteiger partial charge in [0.2, 0.25) is 5.95 Å². The van der Waals surface area contributed by atoms with Crippen LogP contribution in [0, 0.1) is 0 Å². The van der Waals surface area contributed by atoms with Crippen molar-refractivity contribution >= 4 is 22.8 Å². The zero-order chi connectivity index (χ0) is 14.9. The minimum atomic E-state index is 0.192. The van der Waals surface area contributed by atoms with Crippen LogP contribution in [0.2, 0.25) is 0 Å². The predicted octanol–water partition coefficient (Wildman–Crippen LogP) is 0.925. The first-order valence-corrected chi connectivity index (χ1v) is 7.24. The first-order valence-electron chi connectivity index (χ1n) is 7.24. The summed E-state index contributed by atoms with van der Waals surface area (Å²) in [5.41, 5.74) is 3.35. The lowest BCUT2D eigenvalue weighted by Gasteiger charge is -2.36. The van der Waals surface area contributed by atoms with Crippen molar-refractivity contribution in [1.82, 2.24) is 25.1 Å². The zero-order valence-corrected chi connectivity index (χ0v) is 12.5. The van der Waals surface area contributed by atoms with Crippen LogP contribution >= 0.6 is 0 Å². The molecule has 0 radical (unpaired) electrons. The molecule has 2 aromatic heterocycles. The molecule has 21 heavy (non-hydrogen) atoms. The minimum Gasteiger partial charge on any atom is -0.367 e. The first-order chi connectivity index (χ1) is 10.1. The van der Waals surface area contributed by atoms with Crippen molar-refractivity contribution in [3.8, 4) is 0 Å². The number of aromatic amines is 1. The molecule has 114 valence electrons. The molecule has 0 saturated heterocycles. The van der Waals surface area contributed by atoms with E-state index in [2.05, 4.69) is 49.9 Å². The van der Waals surface area contributed by atoms with Crippen LogP contribution in [-0.4, -0.2) is 51.2 Å². The number of fused-ring (bicyclic) bond motifs is 1. The molecule has 1 fully saturated rings. The number of hydrazine groups is 1. The van der Waals surface area contributed by atoms with E-state index in [1.54, 1.807) is 6.20 Å². The van der Waals surface area contributed by atoms with Gasteiger partial charge in [-0.3, -0.25) is 10.5 Å². The Bertz CT molecular complexity index is 614. The minimum absolute atomic E-state index is 0.192. The largest absolute Gasteiger partial charge is 0.367 e. The fraction of sp³-hybridized carbons (Fsp3) is 0.615. The lowest BCUT2D eigenvalue weighted by molar-refractivity contribution is 0.172. The molecule has 0 bridgehead atoms. The highest BCUT2D eigenvalue weighted by atomic mass is 15.3. The van der Waals surface area contributed by atoms with Crippen LogP contribution in [0.4, 0.5) is 11.8 Å². The number of H-pyrrole nitrogens is 1. The van der Waals surface area contributed by atoms with Gasteiger partial charge in [0, 0.05) is 12.1 Å². The lowest BCUT2D eigenvalue weighted by Crippen LogP contribution is -2.47. The molecule has 1 aliphatic carbocycles. The van der Waals surface area contributed by atoms with Crippen LogP contribution in [0.1, 0.15) is 25.7 Å². The summed E-state index contributed by atoms with van der Waals surface area (Å²) >= 11 is 0. The third kappa shape index (κ3) is 2.52. The van der Waals surface area contributed by atoms with E-state index in [-0.39, 0.29) is 5.54 Å². The van der Waals surface area contributed by atoms with Crippen molar-refractivity contribution in [2.45, 2.75) is 31.2 Å². The standard InChI is InChI=1S/C13H22N8/c1-21(2)13(5-3-4-6-13)8-15-10-9-7-16-20-11(9)18-12(17-10)19-14/h7H,3-6,8,14H2,1-2H3,(H3,15,16,17,18,19,20). The van der Waals surface area contributed by atoms with Crippen molar-refractivity contribution in [1.29, 1.82) is 0 Å². The third-order valence-corrected chi connectivity index (χ3v) is 4.51. The Hall–Kier alpha value is -1.93. The van der Waals surface area contributed by atoms with Crippen LogP contribution in [-0.2, 0) is 0 Å². The van der Waals surface area contributed by atoms with Crippen LogP contribution in [0.5, 0.6) is 0 Å². The fourth-order valence-electron chi connectivity index (χ4n) is 3.10. The molecule has 0 unspecified atom stereocenters. The normalized spacial score (nSPS) is 17.5. The highest BCUT2D eigenvalue weighted by Gasteiger charge is 2.35. The quantitative estimate of drug-likeness (QED) is 0.479. The molecule has 0 amide bonds. The van der Waals surface area contributed by atoms with E-state index in [1.807, 2.05) is 0 Å². The van der Waals surface area contributed by atoms with Gasteiger partial charge in [0.1, 0.15) is 5.82 Å². The van der Waals surface area contributed by atoms with Gasteiger partial charge < -0.3 is 10.2 Å². The monoisotopic (exact) mass is 290 g/mol. The van der Waals surface area contributed by atoms with Crippen molar-refractivity contribution in [3.05, 3.63) is 6.20 Å². The molecular formula is C13H22N8. The Morgan fingerprint density at radius 1 is 1.33 bits per heavy atom. The van der Waals surface area contributed by atoms with Gasteiger partial charge in [0.25, 0.3) is 0 Å². The molecule has 0 aliphatic heterocycles. The van der Waals surface area contributed by atoms with E-state index in [0.717, 1.165) is 17.7 Å². The van der Waals surface area contributed by atoms with E-state index >= 15 is 0 Å². The Labute approximate surface area is 123 Å². The van der Waals surface area contributed by atoms with Crippen molar-refractivity contribution in [2.75, 3.05) is 31.4 Å². The molecule has 2 heterocycles. The van der Waals surface area contributed by atoms with Crippen molar-refractivity contribution in [2.24, 2.45) is 5.84 Å². The summed E-state index contributed by atoms with van der Waals surface area (Å²) in [6, 6.07) is 0. The van der Waals surface area contributed by atoms with Gasteiger partial charge in [0.15, 0.2) is 5.65 Å². The number of likely N-dealkylation sites (N-methyl/N-ethyl adjacent to an activating group) is 1. The van der Waals surface area contributed by atoms with E-state index in [0.29, 0.717) is 11.6 Å². The van der Waals surface area contributed by atoms with Gasteiger partial charge >= 0.3 is 0 Å². The van der Waals surface area contributed by atoms with Crippen LogP contribution in [0.3, 0.4) is 0 Å². The third-order valence-electron chi connectivity index (χ3n) is 4.51. The molecule has 0 aromatic carbocycles. The molecule has 1 saturated carbocycles. The van der Waals surface area contributed by atoms with Crippen LogP contribution in [0.25, 0.3) is 11.0 Å². The number of rotatable bonds is 5. The second-order valence-corrected chi connectivity index (χ2v) is 5.85. The van der Waals surface area contributed by atoms with Crippen molar-refractivity contribution < 1.29 is 0 Å². The summed E-state index contributed by atoms with van der Waals surface area (Å²) in [7, 11) is 4.29. The molecule has 0 atom stereocenters. The number of hydrogen-bond donors (Lipinski definition) is 4. The summed E-state index contributed by atoms with van der Waals surface area (Å²) in [5, 5.41) is 11.2. The summed E-state index contributed by atoms with van der Waals surface area (Å²) < 4.78 is 0. The van der Waals surface area contributed by atoms with Gasteiger partial charge in [-0.1, -0.05) is 12.8 Å². The first kappa shape index (κ1) is 14.0. The van der Waals surface area contributed by atoms with Gasteiger partial charge in [-0.15, -0.1) is 0 Å². The molecule has 8 heteroatoms. The number of nitrogen functional groups attached to an aromatic ring is 1. The number of aromatic nitrogens is 4. The fourth-order valence-corrected chi connectivity index (χ4v) is 3.10. The van der Waals surface area contributed by atoms with Crippen molar-refractivity contribution in [3.63, 3.8) is 0 Å². The van der Waals surface area contributed by atoms with Gasteiger partial charge in [-0.05, 0) is 26.9 Å². The number of nitrogens with zero attached hydrogens (tertiary/aromatic N) is 4. The zero-order valence-electron chi connectivity index (χ0n) is 12.5. The van der Waals surface area contributed by atoms with Crippen LogP contribution < -0.4 is 16.6 Å². The smallest absolute Gasteiger partial charge is 0.241 e. The van der Waals surface area contributed by atoms with Gasteiger partial charge in [-0.25, -0.2) is 5.84 Å². The molecule has 3 rings (SSSR count). The van der Waals surface area contributed by atoms with E-state index in [9.17, 15) is 0 Å². The Morgan fingerprint density at radius 2 is 2.10 bits per heavy atom. The molecule has 5 N–H and O–H groups in total. The number of hydrogen-bond acceptors (Lipinski definition) is 7. The summed E-state index contributed by atoms with van der Waals surface area (Å²) in [5.74, 6) is 6.56. The Morgan fingerprint density at radius 3 is 2.76 bits per heavy atom. The topological polar surface area (TPSA) is 108 Å².